The van der Waals surface area contributed by atoms with Crippen LogP contribution in [0.2, 0.25) is 4.34 Å². The van der Waals surface area contributed by atoms with Crippen molar-refractivity contribution in [3.8, 4) is 0 Å². The summed E-state index contributed by atoms with van der Waals surface area (Å²) >= 11 is 7.00. The van der Waals surface area contributed by atoms with Crippen LogP contribution in [0.25, 0.3) is 0 Å². The van der Waals surface area contributed by atoms with E-state index in [1.165, 1.54) is 11.3 Å². The van der Waals surface area contributed by atoms with Gasteiger partial charge in [-0.25, -0.2) is 4.57 Å². The number of hydrogen-bond acceptors (Lipinski definition) is 2. The molecule has 0 fully saturated rings. The van der Waals surface area contributed by atoms with Crippen LogP contribution in [0.15, 0.2) is 12.1 Å². The van der Waals surface area contributed by atoms with E-state index in [1.807, 2.05) is 0 Å². The highest BCUT2D eigenvalue weighted by Crippen LogP contribution is 2.53. The third-order valence-electron chi connectivity index (χ3n) is 2.51. The van der Waals surface area contributed by atoms with Gasteiger partial charge in [-0.15, -0.1) is 0 Å². The molecule has 1 aromatic rings. The summed E-state index contributed by atoms with van der Waals surface area (Å²) in [4.78, 5) is 18.9. The predicted octanol–water partition coefficient (Wildman–Crippen LogP) is 2.84. The van der Waals surface area contributed by atoms with Crippen LogP contribution in [0.3, 0.4) is 0 Å². The second kappa shape index (κ2) is 4.53. The molecule has 1 rings (SSSR count). The fraction of sp³-hybridized carbons (Fsp3) is 0.500. The standard InChI is InChI=1S/C8H13ClNO3PS/c1-3-10(4-2,14(11,12)13)8-6-5-7(9)15-8/h5-6H,3-4H2,1-2H3,(H-,11,12,13)/p+1. The lowest BCUT2D eigenvalue weighted by atomic mass is 10.5. The van der Waals surface area contributed by atoms with E-state index in [2.05, 4.69) is 0 Å². The van der Waals surface area contributed by atoms with Gasteiger partial charge in [-0.05, 0) is 19.9 Å². The normalized spacial score (nSPS) is 13.1. The summed E-state index contributed by atoms with van der Waals surface area (Å²) in [5, 5.41) is 0.610. The Morgan fingerprint density at radius 3 is 2.20 bits per heavy atom. The molecule has 0 aliphatic rings. The summed E-state index contributed by atoms with van der Waals surface area (Å²) in [6.07, 6.45) is 0. The molecule has 0 amide bonds. The maximum absolute atomic E-state index is 11.6. The molecule has 0 spiro atoms. The Bertz CT molecular complexity index is 385. The monoisotopic (exact) mass is 270 g/mol. The summed E-state index contributed by atoms with van der Waals surface area (Å²) in [5.74, 6) is 0. The summed E-state index contributed by atoms with van der Waals surface area (Å²) in [5.41, 5.74) is 0. The Morgan fingerprint density at radius 2 is 1.93 bits per heavy atom. The summed E-state index contributed by atoms with van der Waals surface area (Å²) in [6, 6.07) is 3.34. The van der Waals surface area contributed by atoms with E-state index >= 15 is 0 Å². The molecule has 7 heteroatoms. The van der Waals surface area contributed by atoms with Gasteiger partial charge in [0.25, 0.3) is 0 Å². The Labute approximate surface area is 97.9 Å². The molecule has 0 atom stereocenters. The fourth-order valence-corrected chi connectivity index (χ4v) is 4.26. The van der Waals surface area contributed by atoms with Crippen LogP contribution >= 0.6 is 30.7 Å². The number of halogens is 1. The Balaban J connectivity index is 3.29. The topological polar surface area (TPSA) is 57.5 Å². The van der Waals surface area contributed by atoms with Crippen LogP contribution in [0.5, 0.6) is 0 Å². The Kier molecular flexibility index (Phi) is 3.98. The average Bonchev–Trinajstić information content (AvgIpc) is 2.53. The molecule has 0 saturated carbocycles. The summed E-state index contributed by atoms with van der Waals surface area (Å²) < 4.78 is 11.8. The third-order valence-corrected chi connectivity index (χ3v) is 5.81. The van der Waals surface area contributed by atoms with Gasteiger partial charge in [0.05, 0.1) is 17.4 Å². The first-order chi connectivity index (χ1) is 6.87. The molecule has 2 N–H and O–H groups in total. The first kappa shape index (κ1) is 13.2. The predicted molar refractivity (Wildman–Crippen MR) is 64.2 cm³/mol. The lowest BCUT2D eigenvalue weighted by Gasteiger charge is -2.33. The zero-order valence-corrected chi connectivity index (χ0v) is 11.0. The summed E-state index contributed by atoms with van der Waals surface area (Å²) in [7, 11) is -4.23. The average molecular weight is 271 g/mol. The van der Waals surface area contributed by atoms with Crippen molar-refractivity contribution in [2.75, 3.05) is 13.1 Å². The van der Waals surface area contributed by atoms with E-state index in [-0.39, 0.29) is 4.25 Å². The Hall–Kier alpha value is 0.1000. The molecule has 0 saturated heterocycles. The molecule has 1 heterocycles. The third kappa shape index (κ3) is 2.28. The fourth-order valence-electron chi connectivity index (χ4n) is 1.56. The van der Waals surface area contributed by atoms with Crippen LogP contribution in [-0.2, 0) is 4.57 Å². The number of quaternary nitrogens is 1. The highest BCUT2D eigenvalue weighted by Gasteiger charge is 2.46. The van der Waals surface area contributed by atoms with Crippen molar-refractivity contribution >= 4 is 35.7 Å². The van der Waals surface area contributed by atoms with Crippen molar-refractivity contribution in [3.05, 3.63) is 16.5 Å². The van der Waals surface area contributed by atoms with Gasteiger partial charge < -0.3 is 0 Å². The highest BCUT2D eigenvalue weighted by atomic mass is 35.5. The van der Waals surface area contributed by atoms with Crippen LogP contribution < -0.4 is 4.25 Å². The molecule has 0 unspecified atom stereocenters. The minimum absolute atomic E-state index is 0.329. The van der Waals surface area contributed by atoms with Gasteiger partial charge in [-0.3, -0.25) is 9.79 Å². The zero-order valence-electron chi connectivity index (χ0n) is 8.55. The van der Waals surface area contributed by atoms with Crippen molar-refractivity contribution in [2.45, 2.75) is 13.8 Å². The van der Waals surface area contributed by atoms with Gasteiger partial charge in [0.15, 0.2) is 5.00 Å². The molecule has 15 heavy (non-hydrogen) atoms. The Morgan fingerprint density at radius 1 is 1.40 bits per heavy atom. The van der Waals surface area contributed by atoms with Gasteiger partial charge in [-0.1, -0.05) is 22.9 Å². The van der Waals surface area contributed by atoms with Gasteiger partial charge in [0, 0.05) is 6.07 Å². The maximum atomic E-state index is 11.6. The van der Waals surface area contributed by atoms with E-state index in [1.54, 1.807) is 26.0 Å². The van der Waals surface area contributed by atoms with Crippen LogP contribution in [0.1, 0.15) is 13.8 Å². The lowest BCUT2D eigenvalue weighted by Crippen LogP contribution is -2.44. The van der Waals surface area contributed by atoms with Crippen molar-refractivity contribution < 1.29 is 14.4 Å². The van der Waals surface area contributed by atoms with Crippen molar-refractivity contribution in [3.63, 3.8) is 0 Å². The van der Waals surface area contributed by atoms with Gasteiger partial charge >= 0.3 is 7.75 Å². The van der Waals surface area contributed by atoms with E-state index in [0.29, 0.717) is 22.4 Å². The smallest absolute Gasteiger partial charge is 0.278 e. The maximum Gasteiger partial charge on any atom is 0.532 e. The van der Waals surface area contributed by atoms with Crippen molar-refractivity contribution in [2.24, 2.45) is 0 Å². The molecular weight excluding hydrogens is 257 g/mol. The lowest BCUT2D eigenvalue weighted by molar-refractivity contribution is 0.282. The molecular formula is C8H14ClNO3PS+. The van der Waals surface area contributed by atoms with E-state index < -0.39 is 7.75 Å². The number of thiophene rings is 1. The van der Waals surface area contributed by atoms with Crippen molar-refractivity contribution in [1.82, 2.24) is 4.25 Å². The minimum Gasteiger partial charge on any atom is -0.278 e. The second-order valence-electron chi connectivity index (χ2n) is 3.15. The zero-order chi connectivity index (χ0) is 11.7. The molecule has 86 valence electrons. The largest absolute Gasteiger partial charge is 0.532 e. The number of hydrogen-bond donors (Lipinski definition) is 2. The number of rotatable bonds is 4. The second-order valence-corrected chi connectivity index (χ2v) is 6.63. The van der Waals surface area contributed by atoms with E-state index in [9.17, 15) is 14.4 Å². The molecule has 0 bridgehead atoms. The van der Waals surface area contributed by atoms with Crippen LogP contribution in [0.4, 0.5) is 5.00 Å². The highest BCUT2D eigenvalue weighted by molar-refractivity contribution is 7.52. The van der Waals surface area contributed by atoms with E-state index in [4.69, 9.17) is 11.6 Å². The quantitative estimate of drug-likeness (QED) is 0.827. The van der Waals surface area contributed by atoms with Gasteiger partial charge in [0.1, 0.15) is 0 Å². The molecule has 0 aliphatic heterocycles. The molecule has 0 radical (unpaired) electrons. The summed E-state index contributed by atoms with van der Waals surface area (Å²) in [6.45, 7) is 4.21. The van der Waals surface area contributed by atoms with E-state index in [0.717, 1.165) is 0 Å². The van der Waals surface area contributed by atoms with Crippen LogP contribution in [-0.4, -0.2) is 22.9 Å². The van der Waals surface area contributed by atoms with Gasteiger partial charge in [0.2, 0.25) is 0 Å². The molecule has 0 aliphatic carbocycles. The molecule has 0 aromatic carbocycles. The van der Waals surface area contributed by atoms with Gasteiger partial charge in [-0.2, -0.15) is 4.25 Å². The molecule has 1 aromatic heterocycles. The molecule has 4 nitrogen and oxygen atoms in total. The van der Waals surface area contributed by atoms with Crippen LogP contribution in [0, 0.1) is 0 Å². The first-order valence-electron chi connectivity index (χ1n) is 4.56. The SMILES string of the molecule is CC[N+](CC)(c1ccc(Cl)s1)P(=O)(O)O. The first-order valence-corrected chi connectivity index (χ1v) is 7.32. The minimum atomic E-state index is -4.23. The number of nitrogens with zero attached hydrogens (tertiary/aromatic N) is 1. The van der Waals surface area contributed by atoms with Crippen molar-refractivity contribution in [1.29, 1.82) is 0 Å².